The number of hydrogen-bond acceptors (Lipinski definition) is 4. The molecule has 0 saturated carbocycles. The van der Waals surface area contributed by atoms with Crippen molar-refractivity contribution in [1.82, 2.24) is 4.98 Å². The van der Waals surface area contributed by atoms with Crippen molar-refractivity contribution in [3.05, 3.63) is 75.4 Å². The maximum absolute atomic E-state index is 13.3. The molecule has 3 aromatic rings. The van der Waals surface area contributed by atoms with Crippen molar-refractivity contribution < 1.29 is 14.7 Å². The lowest BCUT2D eigenvalue weighted by Gasteiger charge is -2.37. The smallest absolute Gasteiger partial charge is 0.260 e. The summed E-state index contributed by atoms with van der Waals surface area (Å²) in [6.07, 6.45) is 2.10. The van der Waals surface area contributed by atoms with Crippen LogP contribution in [0.5, 0.6) is 5.75 Å². The minimum atomic E-state index is -1.70. The number of carbonyl (C=O) groups is 2. The average molecular weight is 449 g/mol. The number of aromatic hydroxyl groups is 1. The zero-order valence-corrected chi connectivity index (χ0v) is 18.3. The summed E-state index contributed by atoms with van der Waals surface area (Å²) in [5.74, 6) is -1.09. The summed E-state index contributed by atoms with van der Waals surface area (Å²) in [5.41, 5.74) is 2.25. The van der Waals surface area contributed by atoms with Crippen LogP contribution in [-0.4, -0.2) is 43.3 Å². The fourth-order valence-electron chi connectivity index (χ4n) is 3.16. The van der Waals surface area contributed by atoms with E-state index >= 15 is 0 Å². The number of halogens is 2. The van der Waals surface area contributed by atoms with E-state index in [4.69, 9.17) is 38.9 Å². The standard InChI is InChI=1S/C22H16B2Cl2N2O3/c1-12-4-3-5-16(25)19(12)21(31)28(22(2,23)24)20-18(30)9-14(10-27-20)15-7-6-13(11-29)8-17(15)26/h3-11,30H,1-2H3. The Kier molecular flexibility index (Phi) is 6.48. The van der Waals surface area contributed by atoms with E-state index in [1.54, 1.807) is 37.3 Å². The molecule has 0 saturated heterocycles. The van der Waals surface area contributed by atoms with E-state index in [1.165, 1.54) is 25.3 Å². The minimum absolute atomic E-state index is 0.138. The molecule has 0 unspecified atom stereocenters. The third kappa shape index (κ3) is 4.63. The van der Waals surface area contributed by atoms with E-state index in [-0.39, 0.29) is 22.2 Å². The molecular weight excluding hydrogens is 433 g/mol. The topological polar surface area (TPSA) is 70.5 Å². The number of amides is 1. The molecule has 1 aromatic heterocycles. The Morgan fingerprint density at radius 2 is 1.87 bits per heavy atom. The molecule has 0 fully saturated rings. The molecule has 31 heavy (non-hydrogen) atoms. The van der Waals surface area contributed by atoms with Gasteiger partial charge in [0.25, 0.3) is 5.91 Å². The van der Waals surface area contributed by atoms with Crippen LogP contribution < -0.4 is 4.90 Å². The summed E-state index contributed by atoms with van der Waals surface area (Å²) in [7, 11) is 12.1. The van der Waals surface area contributed by atoms with Gasteiger partial charge in [0.1, 0.15) is 6.29 Å². The van der Waals surface area contributed by atoms with Gasteiger partial charge in [-0.15, -0.1) is 0 Å². The van der Waals surface area contributed by atoms with Crippen molar-refractivity contribution in [2.45, 2.75) is 19.2 Å². The molecule has 0 spiro atoms. The lowest BCUT2D eigenvalue weighted by atomic mass is 9.62. The molecule has 1 amide bonds. The summed E-state index contributed by atoms with van der Waals surface area (Å²) >= 11 is 12.5. The van der Waals surface area contributed by atoms with E-state index in [2.05, 4.69) is 4.98 Å². The monoisotopic (exact) mass is 448 g/mol. The van der Waals surface area contributed by atoms with Crippen LogP contribution in [0.4, 0.5) is 5.82 Å². The molecule has 5 nitrogen and oxygen atoms in total. The molecule has 0 bridgehead atoms. The summed E-state index contributed by atoms with van der Waals surface area (Å²) in [5, 5.41) is 9.54. The SMILES string of the molecule is [B]C([B])(C)N(C(=O)c1c(C)cccc1Cl)c1ncc(-c2ccc(C=O)cc2Cl)cc1O. The quantitative estimate of drug-likeness (QED) is 0.459. The van der Waals surface area contributed by atoms with Crippen LogP contribution in [-0.2, 0) is 0 Å². The van der Waals surface area contributed by atoms with E-state index in [0.717, 1.165) is 4.90 Å². The lowest BCUT2D eigenvalue weighted by Crippen LogP contribution is -2.52. The van der Waals surface area contributed by atoms with Crippen molar-refractivity contribution in [2.75, 3.05) is 4.90 Å². The Morgan fingerprint density at radius 1 is 1.16 bits per heavy atom. The van der Waals surface area contributed by atoms with Crippen LogP contribution in [0.3, 0.4) is 0 Å². The molecule has 0 atom stereocenters. The number of hydrogen-bond donors (Lipinski definition) is 1. The van der Waals surface area contributed by atoms with Crippen LogP contribution in [0.2, 0.25) is 10.0 Å². The fourth-order valence-corrected chi connectivity index (χ4v) is 3.76. The molecule has 0 aliphatic carbocycles. The van der Waals surface area contributed by atoms with Gasteiger partial charge in [-0.05, 0) is 36.0 Å². The third-order valence-electron chi connectivity index (χ3n) is 4.62. The highest BCUT2D eigenvalue weighted by Gasteiger charge is 2.33. The molecule has 3 rings (SSSR count). The van der Waals surface area contributed by atoms with Gasteiger partial charge in [-0.2, -0.15) is 0 Å². The predicted octanol–water partition coefficient (Wildman–Crippen LogP) is 4.54. The molecule has 1 heterocycles. The van der Waals surface area contributed by atoms with Crippen LogP contribution in [0.15, 0.2) is 48.7 Å². The third-order valence-corrected chi connectivity index (χ3v) is 5.25. The summed E-state index contributed by atoms with van der Waals surface area (Å²) < 4.78 is 0. The van der Waals surface area contributed by atoms with Crippen LogP contribution in [0.1, 0.15) is 33.2 Å². The van der Waals surface area contributed by atoms with E-state index in [0.29, 0.717) is 33.6 Å². The number of aryl methyl sites for hydroxylation is 1. The van der Waals surface area contributed by atoms with Gasteiger partial charge in [0, 0.05) is 27.9 Å². The van der Waals surface area contributed by atoms with E-state index < -0.39 is 11.2 Å². The molecular formula is C22H16B2Cl2N2O3. The van der Waals surface area contributed by atoms with Crippen LogP contribution >= 0.6 is 23.2 Å². The first-order valence-corrected chi connectivity index (χ1v) is 9.91. The number of nitrogens with zero attached hydrogens (tertiary/aromatic N) is 2. The second-order valence-corrected chi connectivity index (χ2v) is 8.04. The van der Waals surface area contributed by atoms with Crippen molar-refractivity contribution in [3.63, 3.8) is 0 Å². The normalized spacial score (nSPS) is 11.2. The van der Waals surface area contributed by atoms with Gasteiger partial charge in [0.05, 0.1) is 26.3 Å². The van der Waals surface area contributed by atoms with Gasteiger partial charge in [-0.25, -0.2) is 4.98 Å². The van der Waals surface area contributed by atoms with Gasteiger partial charge in [-0.3, -0.25) is 9.59 Å². The van der Waals surface area contributed by atoms with Gasteiger partial charge in [0.15, 0.2) is 11.6 Å². The van der Waals surface area contributed by atoms with Gasteiger partial charge in [-0.1, -0.05) is 54.4 Å². The molecule has 9 heteroatoms. The van der Waals surface area contributed by atoms with Crippen molar-refractivity contribution >= 4 is 56.9 Å². The molecule has 0 aliphatic rings. The highest BCUT2D eigenvalue weighted by molar-refractivity contribution is 6.44. The summed E-state index contributed by atoms with van der Waals surface area (Å²) in [6, 6.07) is 11.1. The van der Waals surface area contributed by atoms with E-state index in [9.17, 15) is 14.7 Å². The van der Waals surface area contributed by atoms with Crippen molar-refractivity contribution in [3.8, 4) is 16.9 Å². The number of anilines is 1. The Labute approximate surface area is 192 Å². The van der Waals surface area contributed by atoms with Crippen molar-refractivity contribution in [2.24, 2.45) is 0 Å². The molecule has 4 radical (unpaired) electrons. The highest BCUT2D eigenvalue weighted by atomic mass is 35.5. The van der Waals surface area contributed by atoms with Crippen molar-refractivity contribution in [1.29, 1.82) is 0 Å². The second-order valence-electron chi connectivity index (χ2n) is 7.22. The first-order valence-electron chi connectivity index (χ1n) is 9.16. The molecule has 2 aromatic carbocycles. The number of aromatic nitrogens is 1. The van der Waals surface area contributed by atoms with Crippen LogP contribution in [0.25, 0.3) is 11.1 Å². The average Bonchev–Trinajstić information content (AvgIpc) is 2.68. The maximum Gasteiger partial charge on any atom is 0.260 e. The fraction of sp³-hybridized carbons (Fsp3) is 0.136. The largest absolute Gasteiger partial charge is 0.504 e. The lowest BCUT2D eigenvalue weighted by molar-refractivity contribution is 0.0979. The number of benzene rings is 2. The Hall–Kier alpha value is -2.76. The molecule has 1 N–H and O–H groups in total. The number of pyridine rings is 1. The molecule has 152 valence electrons. The van der Waals surface area contributed by atoms with E-state index in [1.807, 2.05) is 0 Å². The molecule has 0 aliphatic heterocycles. The summed E-state index contributed by atoms with van der Waals surface area (Å²) in [6.45, 7) is 3.13. The highest BCUT2D eigenvalue weighted by Crippen LogP contribution is 2.36. The Morgan fingerprint density at radius 3 is 2.42 bits per heavy atom. The van der Waals surface area contributed by atoms with Gasteiger partial charge in [0.2, 0.25) is 0 Å². The zero-order valence-electron chi connectivity index (χ0n) is 16.8. The number of aldehydes is 1. The Balaban J connectivity index is 2.10. The number of carbonyl (C=O) groups excluding carboxylic acids is 2. The van der Waals surface area contributed by atoms with Gasteiger partial charge < -0.3 is 10.0 Å². The second kappa shape index (κ2) is 8.77. The zero-order chi connectivity index (χ0) is 22.9. The maximum atomic E-state index is 13.3. The van der Waals surface area contributed by atoms with Gasteiger partial charge >= 0.3 is 0 Å². The van der Waals surface area contributed by atoms with Crippen LogP contribution in [0, 0.1) is 6.92 Å². The minimum Gasteiger partial charge on any atom is -0.504 e. The first-order chi connectivity index (χ1) is 14.5. The Bertz CT molecular complexity index is 1160. The predicted molar refractivity (Wildman–Crippen MR) is 125 cm³/mol. The number of rotatable bonds is 5. The first kappa shape index (κ1) is 22.9. The summed E-state index contributed by atoms with van der Waals surface area (Å²) in [4.78, 5) is 29.5.